The maximum Gasteiger partial charge on any atom is -0.0297 e. The molecule has 0 nitrogen and oxygen atoms in total. The van der Waals surface area contributed by atoms with Crippen molar-refractivity contribution in [3.8, 4) is 0 Å². The molecule has 1 fully saturated rings. The van der Waals surface area contributed by atoms with Crippen LogP contribution in [0.2, 0.25) is 0 Å². The summed E-state index contributed by atoms with van der Waals surface area (Å²) in [6.45, 7) is 4.63. The average Bonchev–Trinajstić information content (AvgIpc) is 3.07. The monoisotopic (exact) mass is 645 g/mol. The Labute approximate surface area is 294 Å². The van der Waals surface area contributed by atoms with Crippen LogP contribution in [0, 0.1) is 5.41 Å². The first-order valence-corrected chi connectivity index (χ1v) is 22.8. The molecule has 1 saturated carbocycles. The Balaban J connectivity index is 1.87. The summed E-state index contributed by atoms with van der Waals surface area (Å²) in [7, 11) is 0. The predicted molar refractivity (Wildman–Crippen MR) is 212 cm³/mol. The van der Waals surface area contributed by atoms with Crippen LogP contribution in [0.25, 0.3) is 0 Å². The van der Waals surface area contributed by atoms with Crippen molar-refractivity contribution in [2.75, 3.05) is 0 Å². The van der Waals surface area contributed by atoms with Gasteiger partial charge in [-0.2, -0.15) is 0 Å². The molecule has 0 atom stereocenters. The van der Waals surface area contributed by atoms with Crippen molar-refractivity contribution >= 4 is 0 Å². The molecular weight excluding hydrogens is 553 g/mol. The van der Waals surface area contributed by atoms with Crippen molar-refractivity contribution in [1.29, 1.82) is 0 Å². The zero-order valence-corrected chi connectivity index (χ0v) is 32.9. The molecule has 0 saturated heterocycles. The van der Waals surface area contributed by atoms with Gasteiger partial charge in [0.1, 0.15) is 0 Å². The Hall–Kier alpha value is 0. The van der Waals surface area contributed by atoms with Crippen LogP contribution in [0.15, 0.2) is 0 Å². The number of unbranched alkanes of at least 4 members (excludes halogenated alkanes) is 34. The van der Waals surface area contributed by atoms with Gasteiger partial charge < -0.3 is 0 Å². The fourth-order valence-corrected chi connectivity index (χ4v) is 8.73. The lowest BCUT2D eigenvalue weighted by atomic mass is 9.68. The quantitative estimate of drug-likeness (QED) is 0.0587. The van der Waals surface area contributed by atoms with Gasteiger partial charge in [0, 0.05) is 0 Å². The molecule has 0 bridgehead atoms. The maximum atomic E-state index is 2.32. The molecule has 0 aliphatic heterocycles. The van der Waals surface area contributed by atoms with Gasteiger partial charge in [-0.15, -0.1) is 0 Å². The Morgan fingerprint density at radius 3 is 0.652 bits per heavy atom. The zero-order chi connectivity index (χ0) is 32.9. The van der Waals surface area contributed by atoms with Crippen LogP contribution in [-0.2, 0) is 0 Å². The first kappa shape index (κ1) is 44.0. The minimum atomic E-state index is 0.752. The molecule has 0 aromatic heterocycles. The smallest absolute Gasteiger partial charge is 0.0297 e. The van der Waals surface area contributed by atoms with Gasteiger partial charge in [0.25, 0.3) is 0 Å². The largest absolute Gasteiger partial charge is 0.0654 e. The molecule has 1 aliphatic rings. The second-order valence-corrected chi connectivity index (χ2v) is 16.6. The molecule has 0 N–H and O–H groups in total. The topological polar surface area (TPSA) is 0 Å². The van der Waals surface area contributed by atoms with Crippen LogP contribution in [0.5, 0.6) is 0 Å². The molecular formula is C46H92. The third-order valence-electron chi connectivity index (χ3n) is 12.0. The predicted octanol–water partition coefficient (Wildman–Crippen LogP) is 17.8. The highest BCUT2D eigenvalue weighted by molar-refractivity contribution is 4.83. The van der Waals surface area contributed by atoms with Gasteiger partial charge in [-0.3, -0.25) is 0 Å². The van der Waals surface area contributed by atoms with Gasteiger partial charge in [-0.25, -0.2) is 0 Å². The van der Waals surface area contributed by atoms with Crippen LogP contribution in [0.1, 0.15) is 290 Å². The lowest BCUT2D eigenvalue weighted by molar-refractivity contribution is 0.146. The third kappa shape index (κ3) is 30.1. The van der Waals surface area contributed by atoms with E-state index in [1.807, 2.05) is 0 Å². The third-order valence-corrected chi connectivity index (χ3v) is 12.0. The molecule has 0 amide bonds. The molecule has 276 valence electrons. The second kappa shape index (κ2) is 36.3. The molecule has 0 heteroatoms. The Kier molecular flexibility index (Phi) is 34.7. The van der Waals surface area contributed by atoms with Crippen LogP contribution in [-0.4, -0.2) is 0 Å². The first-order chi connectivity index (χ1) is 22.8. The minimum Gasteiger partial charge on any atom is -0.0654 e. The van der Waals surface area contributed by atoms with Crippen molar-refractivity contribution in [1.82, 2.24) is 0 Å². The van der Waals surface area contributed by atoms with Gasteiger partial charge in [0.15, 0.2) is 0 Å². The van der Waals surface area contributed by atoms with E-state index in [9.17, 15) is 0 Å². The maximum absolute atomic E-state index is 2.32. The molecule has 46 heavy (non-hydrogen) atoms. The van der Waals surface area contributed by atoms with E-state index in [0.29, 0.717) is 0 Å². The van der Waals surface area contributed by atoms with E-state index in [2.05, 4.69) is 13.8 Å². The number of rotatable bonds is 38. The lowest BCUT2D eigenvalue weighted by Gasteiger charge is -2.38. The van der Waals surface area contributed by atoms with Crippen LogP contribution in [0.4, 0.5) is 0 Å². The molecule has 0 radical (unpaired) electrons. The van der Waals surface area contributed by atoms with E-state index in [1.165, 1.54) is 250 Å². The zero-order valence-electron chi connectivity index (χ0n) is 32.9. The number of hydrogen-bond acceptors (Lipinski definition) is 0. The summed E-state index contributed by atoms with van der Waals surface area (Å²) in [4.78, 5) is 0. The van der Waals surface area contributed by atoms with Crippen molar-refractivity contribution in [3.63, 3.8) is 0 Å². The average molecular weight is 645 g/mol. The summed E-state index contributed by atoms with van der Waals surface area (Å²) in [6, 6.07) is 0. The van der Waals surface area contributed by atoms with E-state index in [4.69, 9.17) is 0 Å². The van der Waals surface area contributed by atoms with E-state index >= 15 is 0 Å². The minimum absolute atomic E-state index is 0.752. The second-order valence-electron chi connectivity index (χ2n) is 16.6. The van der Waals surface area contributed by atoms with Crippen LogP contribution < -0.4 is 0 Å². The Morgan fingerprint density at radius 1 is 0.239 bits per heavy atom. The molecule has 1 aliphatic carbocycles. The summed E-state index contributed by atoms with van der Waals surface area (Å²) in [5, 5.41) is 0. The molecule has 0 aromatic carbocycles. The fourth-order valence-electron chi connectivity index (χ4n) is 8.73. The van der Waals surface area contributed by atoms with E-state index < -0.39 is 0 Å². The highest BCUT2D eigenvalue weighted by Crippen LogP contribution is 2.44. The summed E-state index contributed by atoms with van der Waals surface area (Å²) in [5.74, 6) is 0. The first-order valence-electron chi connectivity index (χ1n) is 22.8. The fraction of sp³-hybridized carbons (Fsp3) is 1.00. The molecule has 0 heterocycles. The summed E-state index contributed by atoms with van der Waals surface area (Å²) >= 11 is 0. The highest BCUT2D eigenvalue weighted by Gasteiger charge is 2.30. The van der Waals surface area contributed by atoms with E-state index in [0.717, 1.165) is 5.41 Å². The van der Waals surface area contributed by atoms with Crippen molar-refractivity contribution in [2.45, 2.75) is 290 Å². The molecule has 0 aromatic rings. The van der Waals surface area contributed by atoms with Crippen molar-refractivity contribution in [3.05, 3.63) is 0 Å². The molecule has 0 unspecified atom stereocenters. The lowest BCUT2D eigenvalue weighted by Crippen LogP contribution is -2.24. The van der Waals surface area contributed by atoms with Crippen LogP contribution in [0.3, 0.4) is 0 Å². The van der Waals surface area contributed by atoms with Gasteiger partial charge in [-0.1, -0.05) is 264 Å². The normalized spacial score (nSPS) is 14.7. The van der Waals surface area contributed by atoms with Gasteiger partial charge in [0.2, 0.25) is 0 Å². The van der Waals surface area contributed by atoms with Crippen molar-refractivity contribution in [2.24, 2.45) is 5.41 Å². The standard InChI is InChI=1S/C46H92/c1-3-5-7-9-11-13-15-17-19-21-23-25-27-29-31-33-35-38-42-46(44-40-37-41-45-46)43-39-36-34-32-30-28-26-24-22-20-18-16-14-12-10-8-6-4-2/h3-45H2,1-2H3. The Morgan fingerprint density at radius 2 is 0.435 bits per heavy atom. The van der Waals surface area contributed by atoms with Crippen LogP contribution >= 0.6 is 0 Å². The van der Waals surface area contributed by atoms with E-state index in [-0.39, 0.29) is 0 Å². The summed E-state index contributed by atoms with van der Waals surface area (Å²) in [6.07, 6.45) is 64.4. The molecule has 0 spiro atoms. The SMILES string of the molecule is CCCCCCCCCCCCCCCCCCCCC1(CCCCCCCCCCCCCCCCCCCC)CCCCC1. The van der Waals surface area contributed by atoms with Gasteiger partial charge in [0.05, 0.1) is 0 Å². The van der Waals surface area contributed by atoms with Crippen molar-refractivity contribution < 1.29 is 0 Å². The number of hydrogen-bond donors (Lipinski definition) is 0. The summed E-state index contributed by atoms with van der Waals surface area (Å²) in [5.41, 5.74) is 0.752. The van der Waals surface area contributed by atoms with Gasteiger partial charge >= 0.3 is 0 Å². The van der Waals surface area contributed by atoms with Gasteiger partial charge in [-0.05, 0) is 31.1 Å². The van der Waals surface area contributed by atoms with E-state index in [1.54, 1.807) is 25.7 Å². The molecule has 1 rings (SSSR count). The highest BCUT2D eigenvalue weighted by atomic mass is 14.4. The summed E-state index contributed by atoms with van der Waals surface area (Å²) < 4.78 is 0. The Bertz CT molecular complexity index is 500.